The van der Waals surface area contributed by atoms with Gasteiger partial charge in [0.2, 0.25) is 0 Å². The lowest BCUT2D eigenvalue weighted by Crippen LogP contribution is -2.01. The molecule has 20 heavy (non-hydrogen) atoms. The molecule has 0 aliphatic rings. The SMILES string of the molecule is CCCc1nn(C)c2c1[nH]c(=S)n2-c1ccc(F)cc1. The van der Waals surface area contributed by atoms with E-state index in [1.165, 1.54) is 12.1 Å². The minimum absolute atomic E-state index is 0.260. The predicted molar refractivity (Wildman–Crippen MR) is 79.2 cm³/mol. The van der Waals surface area contributed by atoms with Gasteiger partial charge in [-0.25, -0.2) is 9.07 Å². The second kappa shape index (κ2) is 4.86. The molecule has 0 saturated heterocycles. The Morgan fingerprint density at radius 2 is 2.00 bits per heavy atom. The van der Waals surface area contributed by atoms with Gasteiger partial charge in [-0.3, -0.25) is 4.57 Å². The first-order valence-corrected chi connectivity index (χ1v) is 6.95. The summed E-state index contributed by atoms with van der Waals surface area (Å²) < 4.78 is 17.4. The van der Waals surface area contributed by atoms with Crippen LogP contribution in [0.15, 0.2) is 24.3 Å². The van der Waals surface area contributed by atoms with Crippen LogP contribution in [-0.2, 0) is 13.5 Å². The highest BCUT2D eigenvalue weighted by Gasteiger charge is 2.15. The van der Waals surface area contributed by atoms with Crippen LogP contribution >= 0.6 is 12.2 Å². The molecule has 104 valence electrons. The summed E-state index contributed by atoms with van der Waals surface area (Å²) in [7, 11) is 1.89. The fourth-order valence-corrected chi connectivity index (χ4v) is 2.75. The van der Waals surface area contributed by atoms with Gasteiger partial charge < -0.3 is 4.98 Å². The average Bonchev–Trinajstić information content (AvgIpc) is 2.90. The number of H-pyrrole nitrogens is 1. The number of halogens is 1. The first-order chi connectivity index (χ1) is 9.61. The number of hydrogen-bond acceptors (Lipinski definition) is 2. The molecule has 0 bridgehead atoms. The van der Waals surface area contributed by atoms with Crippen molar-refractivity contribution in [3.63, 3.8) is 0 Å². The van der Waals surface area contributed by atoms with Crippen LogP contribution < -0.4 is 0 Å². The van der Waals surface area contributed by atoms with Crippen LogP contribution in [0.2, 0.25) is 0 Å². The van der Waals surface area contributed by atoms with E-state index in [4.69, 9.17) is 12.2 Å². The van der Waals surface area contributed by atoms with Gasteiger partial charge in [-0.15, -0.1) is 0 Å². The molecule has 0 spiro atoms. The third-order valence-corrected chi connectivity index (χ3v) is 3.59. The number of aromatic amines is 1. The number of nitrogens with zero attached hydrogens (tertiary/aromatic N) is 3. The Morgan fingerprint density at radius 3 is 2.65 bits per heavy atom. The van der Waals surface area contributed by atoms with E-state index >= 15 is 0 Å². The van der Waals surface area contributed by atoms with Gasteiger partial charge in [-0.2, -0.15) is 5.10 Å². The zero-order valence-electron chi connectivity index (χ0n) is 11.4. The average molecular weight is 290 g/mol. The molecule has 2 aromatic heterocycles. The second-order valence-electron chi connectivity index (χ2n) is 4.76. The molecule has 0 atom stereocenters. The molecule has 6 heteroatoms. The monoisotopic (exact) mass is 290 g/mol. The molecule has 2 heterocycles. The summed E-state index contributed by atoms with van der Waals surface area (Å²) >= 11 is 5.40. The van der Waals surface area contributed by atoms with E-state index in [2.05, 4.69) is 17.0 Å². The van der Waals surface area contributed by atoms with Gasteiger partial charge in [0.05, 0.1) is 11.4 Å². The van der Waals surface area contributed by atoms with Crippen molar-refractivity contribution in [1.29, 1.82) is 0 Å². The molecule has 0 unspecified atom stereocenters. The number of aryl methyl sites for hydroxylation is 2. The summed E-state index contributed by atoms with van der Waals surface area (Å²) in [5, 5.41) is 4.53. The first-order valence-electron chi connectivity index (χ1n) is 6.54. The van der Waals surface area contributed by atoms with E-state index in [9.17, 15) is 4.39 Å². The number of nitrogens with one attached hydrogen (secondary N) is 1. The van der Waals surface area contributed by atoms with E-state index in [1.54, 1.807) is 12.1 Å². The quantitative estimate of drug-likeness (QED) is 0.750. The summed E-state index contributed by atoms with van der Waals surface area (Å²) in [6.45, 7) is 2.12. The fourth-order valence-electron chi connectivity index (χ4n) is 2.45. The third kappa shape index (κ3) is 1.96. The lowest BCUT2D eigenvalue weighted by Gasteiger charge is -2.04. The Labute approximate surface area is 120 Å². The number of hydrogen-bond donors (Lipinski definition) is 1. The highest BCUT2D eigenvalue weighted by molar-refractivity contribution is 7.71. The van der Waals surface area contributed by atoms with Crippen LogP contribution in [0.3, 0.4) is 0 Å². The van der Waals surface area contributed by atoms with Gasteiger partial charge in [-0.05, 0) is 42.9 Å². The largest absolute Gasteiger partial charge is 0.327 e. The Bertz CT molecular complexity index is 810. The minimum Gasteiger partial charge on any atom is -0.327 e. The minimum atomic E-state index is -0.260. The number of rotatable bonds is 3. The van der Waals surface area contributed by atoms with Crippen LogP contribution in [0.5, 0.6) is 0 Å². The molecule has 0 fully saturated rings. The van der Waals surface area contributed by atoms with Gasteiger partial charge in [0.1, 0.15) is 11.3 Å². The summed E-state index contributed by atoms with van der Waals surface area (Å²) in [6.07, 6.45) is 1.92. The molecule has 3 rings (SSSR count). The third-order valence-electron chi connectivity index (χ3n) is 3.31. The maximum Gasteiger partial charge on any atom is 0.184 e. The van der Waals surface area contributed by atoms with Crippen LogP contribution in [0.1, 0.15) is 19.0 Å². The molecular weight excluding hydrogens is 275 g/mol. The van der Waals surface area contributed by atoms with Crippen molar-refractivity contribution >= 4 is 23.4 Å². The Hall–Kier alpha value is -1.95. The molecule has 0 aliphatic heterocycles. The number of aromatic nitrogens is 4. The second-order valence-corrected chi connectivity index (χ2v) is 5.15. The predicted octanol–water partition coefficient (Wildman–Crippen LogP) is 3.51. The van der Waals surface area contributed by atoms with E-state index in [0.29, 0.717) is 4.77 Å². The van der Waals surface area contributed by atoms with Gasteiger partial charge in [0.15, 0.2) is 10.4 Å². The zero-order chi connectivity index (χ0) is 14.3. The molecule has 0 saturated carbocycles. The standard InChI is InChI=1S/C14H15FN4S/c1-3-4-11-12-13(18(2)17-11)19(14(20)16-12)10-7-5-9(15)6-8-10/h5-8H,3-4H2,1-2H3,(H,16,20). The van der Waals surface area contributed by atoms with Gasteiger partial charge >= 0.3 is 0 Å². The molecule has 0 amide bonds. The van der Waals surface area contributed by atoms with Gasteiger partial charge in [-0.1, -0.05) is 13.3 Å². The molecule has 0 radical (unpaired) electrons. The molecule has 1 N–H and O–H groups in total. The molecular formula is C14H15FN4S. The van der Waals surface area contributed by atoms with E-state index < -0.39 is 0 Å². The maximum absolute atomic E-state index is 13.1. The van der Waals surface area contributed by atoms with Crippen molar-refractivity contribution in [1.82, 2.24) is 19.3 Å². The number of fused-ring (bicyclic) bond motifs is 1. The normalized spacial score (nSPS) is 11.3. The molecule has 1 aromatic carbocycles. The van der Waals surface area contributed by atoms with Crippen LogP contribution in [0.4, 0.5) is 4.39 Å². The summed E-state index contributed by atoms with van der Waals surface area (Å²) in [4.78, 5) is 3.22. The van der Waals surface area contributed by atoms with E-state index in [0.717, 1.165) is 35.4 Å². The Balaban J connectivity index is 2.28. The van der Waals surface area contributed by atoms with Crippen molar-refractivity contribution in [2.24, 2.45) is 7.05 Å². The topological polar surface area (TPSA) is 38.5 Å². The summed E-state index contributed by atoms with van der Waals surface area (Å²) in [5.41, 5.74) is 3.71. The van der Waals surface area contributed by atoms with Crippen LogP contribution in [0, 0.1) is 10.6 Å². The van der Waals surface area contributed by atoms with Crippen molar-refractivity contribution in [3.8, 4) is 5.69 Å². The highest BCUT2D eigenvalue weighted by Crippen LogP contribution is 2.22. The first kappa shape index (κ1) is 13.1. The Kier molecular flexibility index (Phi) is 3.17. The number of imidazole rings is 1. The lowest BCUT2D eigenvalue weighted by atomic mass is 10.2. The van der Waals surface area contributed by atoms with Gasteiger partial charge in [0, 0.05) is 7.05 Å². The van der Waals surface area contributed by atoms with Crippen molar-refractivity contribution in [3.05, 3.63) is 40.5 Å². The lowest BCUT2D eigenvalue weighted by molar-refractivity contribution is 0.627. The van der Waals surface area contributed by atoms with Crippen LogP contribution in [0.25, 0.3) is 16.9 Å². The summed E-state index contributed by atoms with van der Waals surface area (Å²) in [5.74, 6) is -0.260. The van der Waals surface area contributed by atoms with Crippen LogP contribution in [-0.4, -0.2) is 19.3 Å². The zero-order valence-corrected chi connectivity index (χ0v) is 12.2. The molecule has 3 aromatic rings. The summed E-state index contributed by atoms with van der Waals surface area (Å²) in [6, 6.07) is 6.29. The molecule has 0 aliphatic carbocycles. The highest BCUT2D eigenvalue weighted by atomic mass is 32.1. The van der Waals surface area contributed by atoms with E-state index in [1.807, 2.05) is 16.3 Å². The smallest absolute Gasteiger partial charge is 0.184 e. The number of benzene rings is 1. The van der Waals surface area contributed by atoms with E-state index in [-0.39, 0.29) is 5.82 Å². The fraction of sp³-hybridized carbons (Fsp3) is 0.286. The van der Waals surface area contributed by atoms with Crippen molar-refractivity contribution in [2.45, 2.75) is 19.8 Å². The molecule has 4 nitrogen and oxygen atoms in total. The van der Waals surface area contributed by atoms with Gasteiger partial charge in [0.25, 0.3) is 0 Å². The van der Waals surface area contributed by atoms with Crippen molar-refractivity contribution in [2.75, 3.05) is 0 Å². The Morgan fingerprint density at radius 1 is 1.30 bits per heavy atom. The maximum atomic E-state index is 13.1. The van der Waals surface area contributed by atoms with Crippen molar-refractivity contribution < 1.29 is 4.39 Å².